The van der Waals surface area contributed by atoms with Crippen LogP contribution in [0.4, 0.5) is 5.82 Å². The van der Waals surface area contributed by atoms with E-state index in [1.807, 2.05) is 0 Å². The third kappa shape index (κ3) is 6.77. The number of hydrogen-bond donors (Lipinski definition) is 5. The van der Waals surface area contributed by atoms with Crippen molar-refractivity contribution in [1.29, 1.82) is 0 Å². The van der Waals surface area contributed by atoms with Gasteiger partial charge in [0.2, 0.25) is 0 Å². The molecule has 12 nitrogen and oxygen atoms in total. The topological polar surface area (TPSA) is 163 Å². The van der Waals surface area contributed by atoms with Crippen LogP contribution in [0.3, 0.4) is 0 Å². The van der Waals surface area contributed by atoms with Gasteiger partial charge in [0.15, 0.2) is 23.2 Å². The molecule has 46 heavy (non-hydrogen) atoms. The fourth-order valence-corrected chi connectivity index (χ4v) is 6.93. The summed E-state index contributed by atoms with van der Waals surface area (Å²) in [6.45, 7) is 13.0. The average Bonchev–Trinajstić information content (AvgIpc) is 3.69. The largest absolute Gasteiger partial charge is 0.387 e. The third-order valence-electron chi connectivity index (χ3n) is 9.81. The number of aromatic nitrogens is 6. The van der Waals surface area contributed by atoms with Crippen molar-refractivity contribution in [3.63, 3.8) is 0 Å². The van der Waals surface area contributed by atoms with E-state index in [1.165, 1.54) is 11.9 Å². The molecule has 2 aliphatic rings. The molecule has 6 N–H and O–H groups in total. The SMILES string of the molecule is CC(C)N(C[C@H]1O[C@@H](n2cnc3c(NCCCCN)ncnc32)C(O)C1O)C1CC(CCc2nc3cc(C(C)(C)C)ccc3[nH]2)C1. The highest BCUT2D eigenvalue weighted by Gasteiger charge is 2.46. The Bertz CT molecular complexity index is 1610. The maximum atomic E-state index is 11.1. The number of ether oxygens (including phenoxy) is 1. The normalized spacial score (nSPS) is 25.3. The van der Waals surface area contributed by atoms with E-state index in [-0.39, 0.29) is 11.5 Å². The van der Waals surface area contributed by atoms with Crippen molar-refractivity contribution in [2.45, 2.75) is 115 Å². The van der Waals surface area contributed by atoms with Gasteiger partial charge in [-0.2, -0.15) is 0 Å². The summed E-state index contributed by atoms with van der Waals surface area (Å²) in [6, 6.07) is 7.24. The number of aryl methyl sites for hydroxylation is 1. The highest BCUT2D eigenvalue weighted by molar-refractivity contribution is 5.82. The molecule has 1 aliphatic carbocycles. The number of benzene rings is 1. The molecule has 2 fully saturated rings. The summed E-state index contributed by atoms with van der Waals surface area (Å²) < 4.78 is 8.06. The van der Waals surface area contributed by atoms with Gasteiger partial charge in [0, 0.05) is 31.6 Å². The first-order chi connectivity index (χ1) is 22.0. The summed E-state index contributed by atoms with van der Waals surface area (Å²) in [4.78, 5) is 24.1. The van der Waals surface area contributed by atoms with E-state index in [1.54, 1.807) is 10.9 Å². The second kappa shape index (κ2) is 13.5. The van der Waals surface area contributed by atoms with Gasteiger partial charge in [0.1, 0.15) is 30.5 Å². The molecule has 2 unspecified atom stereocenters. The molecule has 6 rings (SSSR count). The zero-order chi connectivity index (χ0) is 32.6. The predicted octanol–water partition coefficient (Wildman–Crippen LogP) is 3.89. The van der Waals surface area contributed by atoms with Crippen LogP contribution in [0.15, 0.2) is 30.9 Å². The summed E-state index contributed by atoms with van der Waals surface area (Å²) in [5, 5.41) is 25.5. The van der Waals surface area contributed by atoms with Crippen molar-refractivity contribution in [2.75, 3.05) is 25.0 Å². The van der Waals surface area contributed by atoms with E-state index in [2.05, 4.69) is 83.0 Å². The van der Waals surface area contributed by atoms with Crippen molar-refractivity contribution in [3.05, 3.63) is 42.2 Å². The Morgan fingerprint density at radius 3 is 2.67 bits per heavy atom. The van der Waals surface area contributed by atoms with E-state index in [0.29, 0.717) is 42.0 Å². The summed E-state index contributed by atoms with van der Waals surface area (Å²) in [5.41, 5.74) is 10.3. The zero-order valence-electron chi connectivity index (χ0n) is 27.9. The molecule has 1 aliphatic heterocycles. The smallest absolute Gasteiger partial charge is 0.167 e. The molecular weight excluding hydrogens is 582 g/mol. The third-order valence-corrected chi connectivity index (χ3v) is 9.81. The van der Waals surface area contributed by atoms with Crippen LogP contribution in [0.5, 0.6) is 0 Å². The van der Waals surface area contributed by atoms with Gasteiger partial charge in [0.25, 0.3) is 0 Å². The highest BCUT2D eigenvalue weighted by Crippen LogP contribution is 2.38. The maximum absolute atomic E-state index is 11.1. The van der Waals surface area contributed by atoms with E-state index in [0.717, 1.165) is 61.9 Å². The molecule has 4 atom stereocenters. The van der Waals surface area contributed by atoms with Crippen LogP contribution in [-0.2, 0) is 16.6 Å². The van der Waals surface area contributed by atoms with Crippen LogP contribution in [0, 0.1) is 5.92 Å². The first kappa shape index (κ1) is 32.8. The minimum atomic E-state index is -1.11. The molecule has 4 aromatic rings. The number of rotatable bonds is 13. The molecule has 1 aromatic carbocycles. The number of nitrogens with one attached hydrogen (secondary N) is 2. The van der Waals surface area contributed by atoms with Gasteiger partial charge >= 0.3 is 0 Å². The van der Waals surface area contributed by atoms with Gasteiger partial charge in [-0.1, -0.05) is 26.8 Å². The van der Waals surface area contributed by atoms with E-state index >= 15 is 0 Å². The van der Waals surface area contributed by atoms with Gasteiger partial charge in [-0.25, -0.2) is 19.9 Å². The number of unbranched alkanes of at least 4 members (excludes halogenated alkanes) is 1. The second-order valence-electron chi connectivity index (χ2n) is 14.5. The van der Waals surface area contributed by atoms with E-state index in [9.17, 15) is 10.2 Å². The van der Waals surface area contributed by atoms with Crippen LogP contribution in [0.2, 0.25) is 0 Å². The lowest BCUT2D eigenvalue weighted by molar-refractivity contribution is -0.0620. The first-order valence-electron chi connectivity index (χ1n) is 16.9. The molecule has 4 heterocycles. The number of fused-ring (bicyclic) bond motifs is 2. The minimum Gasteiger partial charge on any atom is -0.387 e. The molecule has 12 heteroatoms. The predicted molar refractivity (Wildman–Crippen MR) is 179 cm³/mol. The fourth-order valence-electron chi connectivity index (χ4n) is 6.93. The summed E-state index contributed by atoms with van der Waals surface area (Å²) in [7, 11) is 0. The van der Waals surface area contributed by atoms with Gasteiger partial charge in [-0.05, 0) is 81.5 Å². The number of nitrogens with zero attached hydrogens (tertiary/aromatic N) is 6. The van der Waals surface area contributed by atoms with Crippen LogP contribution in [0.1, 0.15) is 84.3 Å². The Hall–Kier alpha value is -3.16. The molecule has 1 saturated carbocycles. The van der Waals surface area contributed by atoms with Crippen molar-refractivity contribution in [3.8, 4) is 0 Å². The number of hydrogen-bond acceptors (Lipinski definition) is 10. The Morgan fingerprint density at radius 1 is 1.13 bits per heavy atom. The van der Waals surface area contributed by atoms with Crippen molar-refractivity contribution in [2.24, 2.45) is 11.7 Å². The number of aliphatic hydroxyl groups is 2. The number of imidazole rings is 2. The Balaban J connectivity index is 1.05. The fraction of sp³-hybridized carbons (Fsp3) is 0.647. The van der Waals surface area contributed by atoms with Crippen LogP contribution in [-0.4, -0.2) is 94.6 Å². The number of nitrogens with two attached hydrogens (primary N) is 1. The second-order valence-corrected chi connectivity index (χ2v) is 14.5. The molecule has 0 spiro atoms. The Morgan fingerprint density at radius 2 is 1.93 bits per heavy atom. The first-order valence-corrected chi connectivity index (χ1v) is 16.9. The van der Waals surface area contributed by atoms with Gasteiger partial charge in [-0.15, -0.1) is 0 Å². The highest BCUT2D eigenvalue weighted by atomic mass is 16.6. The standard InChI is InChI=1S/C34H51N9O3/c1-20(2)42(23-14-21(15-23)8-11-27-40-24-10-9-22(34(3,4)5)16-25(24)41-27)17-26-29(44)30(45)33(46-26)43-19-39-28-31(36-13-7-6-12-35)37-18-38-32(28)43/h9-10,16,18-21,23,26,29-30,33,44-45H,6-8,11-15,17,35H2,1-5H3,(H,40,41)(H,36,37,38)/t21?,23?,26-,29?,30?,33-/m1/s1. The number of anilines is 1. The van der Waals surface area contributed by atoms with Crippen LogP contribution in [0.25, 0.3) is 22.2 Å². The minimum absolute atomic E-state index is 0.101. The Kier molecular flexibility index (Phi) is 9.63. The number of H-pyrrole nitrogens is 1. The van der Waals surface area contributed by atoms with Gasteiger partial charge in [0.05, 0.1) is 17.4 Å². The monoisotopic (exact) mass is 633 g/mol. The molecule has 0 amide bonds. The summed E-state index contributed by atoms with van der Waals surface area (Å²) in [6.07, 6.45) is 5.70. The molecule has 0 radical (unpaired) electrons. The lowest BCUT2D eigenvalue weighted by atomic mass is 9.76. The lowest BCUT2D eigenvalue weighted by Gasteiger charge is -2.46. The quantitative estimate of drug-likeness (QED) is 0.137. The number of aromatic amines is 1. The van der Waals surface area contributed by atoms with Crippen molar-refractivity contribution < 1.29 is 14.9 Å². The molecule has 0 bridgehead atoms. The van der Waals surface area contributed by atoms with Gasteiger partial charge in [-0.3, -0.25) is 9.47 Å². The van der Waals surface area contributed by atoms with E-state index < -0.39 is 24.5 Å². The maximum Gasteiger partial charge on any atom is 0.167 e. The van der Waals surface area contributed by atoms with Crippen molar-refractivity contribution in [1.82, 2.24) is 34.4 Å². The molecule has 1 saturated heterocycles. The Labute approximate surface area is 271 Å². The van der Waals surface area contributed by atoms with Crippen molar-refractivity contribution >= 4 is 28.0 Å². The molecule has 3 aromatic heterocycles. The van der Waals surface area contributed by atoms with Crippen LogP contribution >= 0.6 is 0 Å². The zero-order valence-corrected chi connectivity index (χ0v) is 27.9. The summed E-state index contributed by atoms with van der Waals surface area (Å²) in [5.74, 6) is 2.32. The summed E-state index contributed by atoms with van der Waals surface area (Å²) >= 11 is 0. The molecule has 250 valence electrons. The van der Waals surface area contributed by atoms with Crippen LogP contribution < -0.4 is 11.1 Å². The molecular formula is C34H51N9O3. The average molecular weight is 634 g/mol. The van der Waals surface area contributed by atoms with Gasteiger partial charge < -0.3 is 31.0 Å². The lowest BCUT2D eigenvalue weighted by Crippen LogP contribution is -2.52. The number of aliphatic hydroxyl groups excluding tert-OH is 2. The van der Waals surface area contributed by atoms with E-state index in [4.69, 9.17) is 15.5 Å².